The van der Waals surface area contributed by atoms with E-state index in [0.29, 0.717) is 17.3 Å². The Hall–Kier alpha value is -1.96. The van der Waals surface area contributed by atoms with Crippen molar-refractivity contribution in [3.05, 3.63) is 30.6 Å². The van der Waals surface area contributed by atoms with Gasteiger partial charge in [-0.2, -0.15) is 0 Å². The summed E-state index contributed by atoms with van der Waals surface area (Å²) in [7, 11) is -1.09. The number of anilines is 3. The van der Waals surface area contributed by atoms with Gasteiger partial charge in [0.15, 0.2) is 0 Å². The number of ether oxygens (including phenoxy) is 3. The topological polar surface area (TPSA) is 154 Å². The Balaban J connectivity index is 1.48. The zero-order chi connectivity index (χ0) is 22.5. The molecule has 5 N–H and O–H groups in total. The number of methoxy groups -OCH3 is 2. The first-order valence-electron chi connectivity index (χ1n) is 9.81. The monoisotopic (exact) mass is 485 g/mol. The summed E-state index contributed by atoms with van der Waals surface area (Å²) in [6.07, 6.45) is -1.18. The normalized spacial score (nSPS) is 31.5. The molecule has 174 valence electrons. The number of nitrogens with one attached hydrogen (secondary N) is 1. The van der Waals surface area contributed by atoms with Crippen LogP contribution in [-0.4, -0.2) is 70.6 Å². The van der Waals surface area contributed by atoms with Gasteiger partial charge < -0.3 is 0 Å². The molecule has 0 bridgehead atoms. The number of nitrogen functional groups attached to an aromatic ring is 1. The Labute approximate surface area is 188 Å². The van der Waals surface area contributed by atoms with Crippen LogP contribution in [0.15, 0.2) is 35.5 Å². The van der Waals surface area contributed by atoms with Crippen molar-refractivity contribution >= 4 is 37.3 Å². The maximum absolute atomic E-state index is 9.93. The SMILES string of the molecule is COc1ccc(SC2Nc3c(N)ncnc3N2C2OC3CO[PH](O)(O)O[C@H]3C2OC)cc1. The van der Waals surface area contributed by atoms with Crippen molar-refractivity contribution < 1.29 is 33.0 Å². The quantitative estimate of drug-likeness (QED) is 0.444. The molecule has 32 heavy (non-hydrogen) atoms. The Morgan fingerprint density at radius 3 is 2.75 bits per heavy atom. The zero-order valence-corrected chi connectivity index (χ0v) is 19.1. The number of rotatable bonds is 5. The van der Waals surface area contributed by atoms with Crippen LogP contribution in [0.1, 0.15) is 0 Å². The number of aromatic nitrogens is 2. The molecule has 12 nitrogen and oxygen atoms in total. The Kier molecular flexibility index (Phi) is 5.76. The molecule has 2 saturated heterocycles. The second kappa shape index (κ2) is 8.43. The molecule has 0 amide bonds. The van der Waals surface area contributed by atoms with Crippen LogP contribution >= 0.6 is 19.9 Å². The third-order valence-corrected chi connectivity index (χ3v) is 7.72. The molecule has 4 heterocycles. The first-order chi connectivity index (χ1) is 15.4. The van der Waals surface area contributed by atoms with Gasteiger partial charge in [-0.3, -0.25) is 0 Å². The van der Waals surface area contributed by atoms with Crippen LogP contribution in [0, 0.1) is 0 Å². The summed E-state index contributed by atoms with van der Waals surface area (Å²) in [5.74, 6) is 1.61. The second-order valence-electron chi connectivity index (χ2n) is 7.36. The third kappa shape index (κ3) is 3.84. The molecule has 2 aromatic rings. The fraction of sp³-hybridized carbons (Fsp3) is 0.444. The molecule has 14 heteroatoms. The summed E-state index contributed by atoms with van der Waals surface area (Å²) >= 11 is 1.51. The van der Waals surface area contributed by atoms with Crippen molar-refractivity contribution in [2.24, 2.45) is 0 Å². The minimum absolute atomic E-state index is 0.0173. The van der Waals surface area contributed by atoms with Crippen molar-refractivity contribution in [1.82, 2.24) is 9.97 Å². The van der Waals surface area contributed by atoms with Crippen molar-refractivity contribution in [2.75, 3.05) is 36.8 Å². The molecule has 5 atom stereocenters. The third-order valence-electron chi connectivity index (χ3n) is 5.49. The molecule has 1 aromatic heterocycles. The summed E-state index contributed by atoms with van der Waals surface area (Å²) in [6.45, 7) is -0.0173. The first-order valence-corrected chi connectivity index (χ1v) is 12.4. The molecule has 0 radical (unpaired) electrons. The van der Waals surface area contributed by atoms with E-state index in [1.165, 1.54) is 25.2 Å². The van der Waals surface area contributed by atoms with Gasteiger partial charge in [0, 0.05) is 0 Å². The van der Waals surface area contributed by atoms with Gasteiger partial charge in [0.2, 0.25) is 0 Å². The number of hydrogen-bond donors (Lipinski definition) is 4. The van der Waals surface area contributed by atoms with E-state index in [-0.39, 0.29) is 12.1 Å². The second-order valence-corrected chi connectivity index (χ2v) is 10.1. The zero-order valence-electron chi connectivity index (χ0n) is 17.2. The standard InChI is InChI=1S/C18H24N5O7PS/c1-26-9-3-5-10(6-4-9)32-18-22-12-15(19)20-8-21-16(12)23(18)17-14(27-2)13-11(29-17)7-28-31(24,25)30-13/h3-6,8,11,13-14,17-18,22,24-25,31H,7H2,1-2H3,(H2,19,20,21)/t11?,13-,14?,17?,18?/m1/s1. The van der Waals surface area contributed by atoms with Crippen molar-refractivity contribution in [3.63, 3.8) is 0 Å². The van der Waals surface area contributed by atoms with Crippen LogP contribution in [0.3, 0.4) is 0 Å². The molecule has 2 fully saturated rings. The van der Waals surface area contributed by atoms with E-state index >= 15 is 0 Å². The van der Waals surface area contributed by atoms with Crippen LogP contribution in [0.4, 0.5) is 17.3 Å². The van der Waals surface area contributed by atoms with Gasteiger partial charge in [-0.05, 0) is 0 Å². The van der Waals surface area contributed by atoms with Gasteiger partial charge in [-0.1, -0.05) is 0 Å². The molecule has 3 aliphatic heterocycles. The predicted octanol–water partition coefficient (Wildman–Crippen LogP) is 0.925. The Morgan fingerprint density at radius 2 is 2.03 bits per heavy atom. The molecule has 3 aliphatic rings. The van der Waals surface area contributed by atoms with E-state index in [1.807, 2.05) is 29.2 Å². The molecule has 5 rings (SSSR count). The van der Waals surface area contributed by atoms with Crippen LogP contribution in [-0.2, 0) is 18.5 Å². The van der Waals surface area contributed by atoms with Gasteiger partial charge in [-0.25, -0.2) is 0 Å². The number of nitrogens with two attached hydrogens (primary N) is 1. The summed E-state index contributed by atoms with van der Waals surface area (Å²) in [4.78, 5) is 31.2. The number of nitrogens with zero attached hydrogens (tertiary/aromatic N) is 3. The van der Waals surface area contributed by atoms with Gasteiger partial charge >= 0.3 is 181 Å². The van der Waals surface area contributed by atoms with E-state index in [0.717, 1.165) is 10.6 Å². The van der Waals surface area contributed by atoms with E-state index in [4.69, 9.17) is 29.0 Å². The molecule has 4 unspecified atom stereocenters. The van der Waals surface area contributed by atoms with Crippen molar-refractivity contribution in [2.45, 2.75) is 34.9 Å². The number of thioether (sulfide) groups is 1. The van der Waals surface area contributed by atoms with E-state index in [9.17, 15) is 9.79 Å². The molecule has 1 aromatic carbocycles. The summed E-state index contributed by atoms with van der Waals surface area (Å²) in [6, 6.07) is 7.64. The predicted molar refractivity (Wildman–Crippen MR) is 118 cm³/mol. The molecule has 0 spiro atoms. The van der Waals surface area contributed by atoms with Gasteiger partial charge in [0.05, 0.1) is 7.11 Å². The van der Waals surface area contributed by atoms with Crippen LogP contribution < -0.4 is 20.7 Å². The average molecular weight is 485 g/mol. The number of benzene rings is 1. The Bertz CT molecular complexity index is 987. The number of fused-ring (bicyclic) bond motifs is 2. The van der Waals surface area contributed by atoms with Crippen LogP contribution in [0.25, 0.3) is 0 Å². The van der Waals surface area contributed by atoms with Gasteiger partial charge in [-0.15, -0.1) is 0 Å². The van der Waals surface area contributed by atoms with Crippen LogP contribution in [0.2, 0.25) is 0 Å². The Morgan fingerprint density at radius 1 is 1.25 bits per heavy atom. The van der Waals surface area contributed by atoms with E-state index < -0.39 is 32.7 Å². The van der Waals surface area contributed by atoms with Gasteiger partial charge in [0.25, 0.3) is 0 Å². The van der Waals surface area contributed by atoms with E-state index in [2.05, 4.69) is 15.3 Å². The van der Waals surface area contributed by atoms with Crippen LogP contribution in [0.5, 0.6) is 5.75 Å². The molecule has 0 aliphatic carbocycles. The maximum atomic E-state index is 9.93. The van der Waals surface area contributed by atoms with E-state index in [1.54, 1.807) is 7.11 Å². The molecular formula is C18H24N5O7PS. The van der Waals surface area contributed by atoms with Crippen molar-refractivity contribution in [3.8, 4) is 5.75 Å². The fourth-order valence-corrected chi connectivity index (χ4v) is 6.16. The average Bonchev–Trinajstić information content (AvgIpc) is 3.31. The molecular weight excluding hydrogens is 461 g/mol. The fourth-order valence-electron chi connectivity index (χ4n) is 4.01. The first kappa shape index (κ1) is 21.9. The van der Waals surface area contributed by atoms with Gasteiger partial charge in [0.1, 0.15) is 0 Å². The van der Waals surface area contributed by atoms with Crippen molar-refractivity contribution in [1.29, 1.82) is 0 Å². The molecule has 0 saturated carbocycles. The summed E-state index contributed by atoms with van der Waals surface area (Å²) < 4.78 is 27.7. The number of hydrogen-bond acceptors (Lipinski definition) is 13. The summed E-state index contributed by atoms with van der Waals surface area (Å²) in [5, 5.41) is 3.36. The minimum atomic E-state index is -4.23. The summed E-state index contributed by atoms with van der Waals surface area (Å²) in [5.41, 5.74) is 6.31.